The van der Waals surface area contributed by atoms with Crippen molar-refractivity contribution < 1.29 is 23.1 Å². The van der Waals surface area contributed by atoms with Crippen molar-refractivity contribution in [2.45, 2.75) is 90.8 Å². The van der Waals surface area contributed by atoms with Crippen LogP contribution in [0.15, 0.2) is 12.2 Å². The second-order valence-corrected chi connectivity index (χ2v) is 11.5. The van der Waals surface area contributed by atoms with Gasteiger partial charge in [-0.15, -0.1) is 0 Å². The van der Waals surface area contributed by atoms with Gasteiger partial charge in [0.15, 0.2) is 9.84 Å². The molecule has 2 aliphatic heterocycles. The third-order valence-electron chi connectivity index (χ3n) is 6.44. The van der Waals surface area contributed by atoms with Gasteiger partial charge < -0.3 is 9.84 Å². The zero-order valence-electron chi connectivity index (χ0n) is 17.7. The summed E-state index contributed by atoms with van der Waals surface area (Å²) >= 11 is 0. The van der Waals surface area contributed by atoms with E-state index < -0.39 is 21.2 Å². The lowest BCUT2D eigenvalue weighted by atomic mass is 9.78. The first-order valence-electron chi connectivity index (χ1n) is 10.9. The lowest BCUT2D eigenvalue weighted by molar-refractivity contribution is -0.147. The van der Waals surface area contributed by atoms with E-state index in [1.54, 1.807) is 13.8 Å². The van der Waals surface area contributed by atoms with Gasteiger partial charge in [0.2, 0.25) is 0 Å². The summed E-state index contributed by atoms with van der Waals surface area (Å²) in [7, 11) is -3.03. The summed E-state index contributed by atoms with van der Waals surface area (Å²) in [5.74, 6) is 0.160. The first-order valence-corrected chi connectivity index (χ1v) is 12.7. The Balaban J connectivity index is 1.85. The molecule has 2 bridgehead atoms. The molecule has 0 saturated carbocycles. The van der Waals surface area contributed by atoms with Crippen molar-refractivity contribution in [3.05, 3.63) is 12.2 Å². The molecule has 0 aromatic carbocycles. The maximum Gasteiger partial charge on any atom is 0.309 e. The molecule has 2 saturated heterocycles. The number of carboxylic acid groups (broad SMARTS) is 1. The van der Waals surface area contributed by atoms with E-state index in [2.05, 4.69) is 13.0 Å². The average Bonchev–Trinajstić information content (AvgIpc) is 3.20. The van der Waals surface area contributed by atoms with E-state index in [0.717, 1.165) is 51.4 Å². The van der Waals surface area contributed by atoms with Crippen LogP contribution in [0.1, 0.15) is 78.6 Å². The fraction of sp³-hybridized carbons (Fsp3) is 0.864. The summed E-state index contributed by atoms with van der Waals surface area (Å²) in [6.07, 6.45) is 12.6. The highest BCUT2D eigenvalue weighted by Crippen LogP contribution is 2.45. The maximum atomic E-state index is 12.6. The normalized spacial score (nSPS) is 27.7. The number of rotatable bonds is 13. The van der Waals surface area contributed by atoms with Gasteiger partial charge in [-0.1, -0.05) is 38.3 Å². The summed E-state index contributed by atoms with van der Waals surface area (Å²) in [4.78, 5) is 11.2. The Morgan fingerprint density at radius 2 is 1.79 bits per heavy atom. The Labute approximate surface area is 170 Å². The first-order chi connectivity index (χ1) is 13.2. The molecule has 0 aromatic heterocycles. The van der Waals surface area contributed by atoms with Gasteiger partial charge in [-0.05, 0) is 58.3 Å². The van der Waals surface area contributed by atoms with Crippen molar-refractivity contribution >= 4 is 15.8 Å². The van der Waals surface area contributed by atoms with Crippen LogP contribution in [0, 0.1) is 17.3 Å². The second-order valence-electron chi connectivity index (χ2n) is 9.23. The molecule has 2 heterocycles. The number of ether oxygens (including phenoxy) is 1. The van der Waals surface area contributed by atoms with Crippen LogP contribution in [0.4, 0.5) is 0 Å². The Hall–Kier alpha value is -0.880. The van der Waals surface area contributed by atoms with Crippen LogP contribution in [0.3, 0.4) is 0 Å². The summed E-state index contributed by atoms with van der Waals surface area (Å²) in [5.41, 5.74) is -0.714. The van der Waals surface area contributed by atoms with Crippen LogP contribution in [0.25, 0.3) is 0 Å². The number of hydrogen-bond donors (Lipinski definition) is 1. The minimum absolute atomic E-state index is 0.0970. The molecule has 4 atom stereocenters. The molecule has 0 unspecified atom stereocenters. The smallest absolute Gasteiger partial charge is 0.309 e. The van der Waals surface area contributed by atoms with Crippen LogP contribution in [-0.4, -0.2) is 43.2 Å². The molecule has 0 radical (unpaired) electrons. The molecule has 0 spiro atoms. The second kappa shape index (κ2) is 10.2. The van der Waals surface area contributed by atoms with Crippen LogP contribution >= 0.6 is 0 Å². The summed E-state index contributed by atoms with van der Waals surface area (Å²) in [6, 6.07) is 0. The van der Waals surface area contributed by atoms with E-state index in [1.807, 2.05) is 6.08 Å². The van der Waals surface area contributed by atoms with Crippen molar-refractivity contribution in [3.63, 3.8) is 0 Å². The van der Waals surface area contributed by atoms with E-state index in [-0.39, 0.29) is 29.8 Å². The minimum atomic E-state index is -3.03. The van der Waals surface area contributed by atoms with Crippen LogP contribution in [-0.2, 0) is 19.4 Å². The molecule has 0 amide bonds. The number of allylic oxidation sites excluding steroid dienone is 2. The predicted octanol–water partition coefficient (Wildman–Crippen LogP) is 4.61. The molecule has 2 rings (SSSR count). The summed E-state index contributed by atoms with van der Waals surface area (Å²) in [5, 5.41) is 9.18. The van der Waals surface area contributed by atoms with Gasteiger partial charge in [0.25, 0.3) is 0 Å². The Kier molecular flexibility index (Phi) is 8.56. The molecular weight excluding hydrogens is 376 g/mol. The number of fused-ring (bicyclic) bond motifs is 2. The molecule has 1 N–H and O–H groups in total. The lowest BCUT2D eigenvalue weighted by Gasteiger charge is -2.27. The quantitative estimate of drug-likeness (QED) is 0.351. The van der Waals surface area contributed by atoms with E-state index >= 15 is 0 Å². The monoisotopic (exact) mass is 414 g/mol. The maximum absolute atomic E-state index is 12.6. The van der Waals surface area contributed by atoms with E-state index in [9.17, 15) is 18.3 Å². The Bertz CT molecular complexity index is 637. The standard InChI is InChI=1S/C22H38O5S/c1-4-5-6-10-15-28(25,26)16-18-17(19-12-13-20(18)27-19)11-8-7-9-14-22(2,3)21(23)24/h7-8,17-20H,4-6,9-16H2,1-3H3,(H,23,24)/b8-7-/t17-,18+,19-,20+/m0/s1. The molecule has 5 nitrogen and oxygen atoms in total. The number of hydrogen-bond acceptors (Lipinski definition) is 4. The summed E-state index contributed by atoms with van der Waals surface area (Å²) < 4.78 is 31.2. The minimum Gasteiger partial charge on any atom is -0.481 e. The van der Waals surface area contributed by atoms with Gasteiger partial charge in [-0.2, -0.15) is 0 Å². The van der Waals surface area contributed by atoms with Crippen LogP contribution < -0.4 is 0 Å². The zero-order valence-corrected chi connectivity index (χ0v) is 18.5. The molecule has 6 heteroatoms. The highest BCUT2D eigenvalue weighted by Gasteiger charge is 2.49. The number of aliphatic carboxylic acids is 1. The molecule has 28 heavy (non-hydrogen) atoms. The van der Waals surface area contributed by atoms with Crippen molar-refractivity contribution in [3.8, 4) is 0 Å². The molecular formula is C22H38O5S. The molecule has 2 aliphatic rings. The number of unbranched alkanes of at least 4 members (excludes halogenated alkanes) is 3. The number of carbonyl (C=O) groups is 1. The van der Waals surface area contributed by atoms with Gasteiger partial charge in [0.1, 0.15) is 0 Å². The van der Waals surface area contributed by atoms with Crippen LogP contribution in [0.5, 0.6) is 0 Å². The predicted molar refractivity (Wildman–Crippen MR) is 112 cm³/mol. The Morgan fingerprint density at radius 3 is 2.43 bits per heavy atom. The third kappa shape index (κ3) is 6.58. The fourth-order valence-corrected chi connectivity index (χ4v) is 6.33. The first kappa shape index (κ1) is 23.4. The van der Waals surface area contributed by atoms with Crippen LogP contribution in [0.2, 0.25) is 0 Å². The lowest BCUT2D eigenvalue weighted by Crippen LogP contribution is -2.33. The van der Waals surface area contributed by atoms with E-state index in [4.69, 9.17) is 4.74 Å². The SMILES string of the molecule is CCCCCCS(=O)(=O)C[C@@H]1[C@H](C/C=C\CCC(C)(C)C(=O)O)[C@@H]2CC[C@H]1O2. The zero-order chi connectivity index (χ0) is 20.8. The van der Waals surface area contributed by atoms with Gasteiger partial charge in [0, 0.05) is 5.92 Å². The van der Waals surface area contributed by atoms with Gasteiger partial charge >= 0.3 is 5.97 Å². The van der Waals surface area contributed by atoms with Crippen molar-refractivity contribution in [1.29, 1.82) is 0 Å². The number of sulfone groups is 1. The number of carboxylic acids is 1. The largest absolute Gasteiger partial charge is 0.481 e. The van der Waals surface area contributed by atoms with Crippen molar-refractivity contribution in [1.82, 2.24) is 0 Å². The van der Waals surface area contributed by atoms with E-state index in [0.29, 0.717) is 12.2 Å². The topological polar surface area (TPSA) is 80.7 Å². The summed E-state index contributed by atoms with van der Waals surface area (Å²) in [6.45, 7) is 5.62. The molecule has 162 valence electrons. The highest BCUT2D eigenvalue weighted by atomic mass is 32.2. The molecule has 0 aliphatic carbocycles. The van der Waals surface area contributed by atoms with Gasteiger partial charge in [0.05, 0.1) is 29.1 Å². The fourth-order valence-electron chi connectivity index (χ4n) is 4.48. The molecule has 0 aromatic rings. The highest BCUT2D eigenvalue weighted by molar-refractivity contribution is 7.91. The van der Waals surface area contributed by atoms with Gasteiger partial charge in [-0.25, -0.2) is 8.42 Å². The Morgan fingerprint density at radius 1 is 1.11 bits per heavy atom. The van der Waals surface area contributed by atoms with E-state index in [1.165, 1.54) is 0 Å². The van der Waals surface area contributed by atoms with Crippen molar-refractivity contribution in [2.24, 2.45) is 17.3 Å². The van der Waals surface area contributed by atoms with Gasteiger partial charge in [-0.3, -0.25) is 4.79 Å². The molecule has 2 fully saturated rings. The van der Waals surface area contributed by atoms with Crippen molar-refractivity contribution in [2.75, 3.05) is 11.5 Å². The average molecular weight is 415 g/mol. The third-order valence-corrected chi connectivity index (χ3v) is 8.24.